The van der Waals surface area contributed by atoms with Gasteiger partial charge in [0.1, 0.15) is 11.6 Å². The van der Waals surface area contributed by atoms with Crippen molar-refractivity contribution in [2.24, 2.45) is 0 Å². The van der Waals surface area contributed by atoms with Crippen molar-refractivity contribution in [1.82, 2.24) is 4.98 Å². The minimum atomic E-state index is -0.322. The Morgan fingerprint density at radius 3 is 2.92 bits per heavy atom. The molecule has 2 rings (SSSR count). The summed E-state index contributed by atoms with van der Waals surface area (Å²) in [5, 5.41) is 0. The third-order valence-corrected chi connectivity index (χ3v) is 2.44. The number of hydrogen-bond donors (Lipinski definition) is 0. The molecule has 1 unspecified atom stereocenters. The number of carbonyl (C=O) groups excluding carboxylic acids is 1. The lowest BCUT2D eigenvalue weighted by atomic mass is 10.00. The molecule has 1 heterocycles. The molecule has 0 radical (unpaired) electrons. The second-order valence-electron chi connectivity index (χ2n) is 3.41. The van der Waals surface area contributed by atoms with Crippen LogP contribution in [-0.2, 0) is 4.79 Å². The number of aromatic nitrogens is 1. The van der Waals surface area contributed by atoms with Gasteiger partial charge in [0.05, 0.1) is 6.20 Å². The third kappa shape index (κ3) is 1.74. The number of hydrogen-bond acceptors (Lipinski definition) is 2. The van der Waals surface area contributed by atoms with Gasteiger partial charge in [0.25, 0.3) is 0 Å². The topological polar surface area (TPSA) is 30.0 Å². The van der Waals surface area contributed by atoms with Crippen LogP contribution in [0.15, 0.2) is 18.5 Å². The summed E-state index contributed by atoms with van der Waals surface area (Å²) in [6.07, 6.45) is 4.84. The Kier molecular flexibility index (Phi) is 2.08. The molecule has 1 atom stereocenters. The highest BCUT2D eigenvalue weighted by molar-refractivity contribution is 5.81. The van der Waals surface area contributed by atoms with Crippen molar-refractivity contribution < 1.29 is 9.18 Å². The van der Waals surface area contributed by atoms with E-state index in [1.54, 1.807) is 6.20 Å². The molecule has 0 spiro atoms. The zero-order valence-electron chi connectivity index (χ0n) is 7.16. The fourth-order valence-corrected chi connectivity index (χ4v) is 1.75. The Labute approximate surface area is 75.8 Å². The van der Waals surface area contributed by atoms with E-state index in [0.717, 1.165) is 12.0 Å². The number of carbonyl (C=O) groups is 1. The fourth-order valence-electron chi connectivity index (χ4n) is 1.75. The maximum absolute atomic E-state index is 12.8. The first kappa shape index (κ1) is 8.35. The molecule has 1 fully saturated rings. The number of rotatable bonds is 1. The Morgan fingerprint density at radius 1 is 1.46 bits per heavy atom. The summed E-state index contributed by atoms with van der Waals surface area (Å²) < 4.78 is 12.8. The third-order valence-electron chi connectivity index (χ3n) is 2.44. The Morgan fingerprint density at radius 2 is 2.31 bits per heavy atom. The summed E-state index contributed by atoms with van der Waals surface area (Å²) in [7, 11) is 0. The minimum absolute atomic E-state index is 0.190. The van der Waals surface area contributed by atoms with Gasteiger partial charge in [0.15, 0.2) is 0 Å². The largest absolute Gasteiger partial charge is 0.300 e. The summed E-state index contributed by atoms with van der Waals surface area (Å²) >= 11 is 0. The van der Waals surface area contributed by atoms with E-state index in [1.165, 1.54) is 12.3 Å². The van der Waals surface area contributed by atoms with Gasteiger partial charge in [0, 0.05) is 19.0 Å². The Hall–Kier alpha value is -1.25. The number of ketones is 1. The van der Waals surface area contributed by atoms with E-state index >= 15 is 0 Å². The quantitative estimate of drug-likeness (QED) is 0.660. The maximum atomic E-state index is 12.8. The number of Topliss-reactive ketones (excluding diaryl/α,β-unsaturated/α-hetero) is 1. The first-order valence-electron chi connectivity index (χ1n) is 4.38. The summed E-state index contributed by atoms with van der Waals surface area (Å²) in [5.74, 6) is 0.141. The van der Waals surface area contributed by atoms with Crippen LogP contribution in [0.2, 0.25) is 0 Å². The van der Waals surface area contributed by atoms with Crippen LogP contribution in [-0.4, -0.2) is 10.8 Å². The average Bonchev–Trinajstić information content (AvgIpc) is 2.52. The molecular formula is C10H10FNO. The molecule has 2 nitrogen and oxygen atoms in total. The highest BCUT2D eigenvalue weighted by Gasteiger charge is 2.23. The van der Waals surface area contributed by atoms with E-state index < -0.39 is 0 Å². The molecule has 0 bridgehead atoms. The zero-order chi connectivity index (χ0) is 9.26. The normalized spacial score (nSPS) is 22.2. The lowest BCUT2D eigenvalue weighted by molar-refractivity contribution is -0.117. The van der Waals surface area contributed by atoms with E-state index in [2.05, 4.69) is 4.98 Å². The van der Waals surface area contributed by atoms with E-state index in [-0.39, 0.29) is 17.5 Å². The molecule has 13 heavy (non-hydrogen) atoms. The predicted molar refractivity (Wildman–Crippen MR) is 45.8 cm³/mol. The summed E-state index contributed by atoms with van der Waals surface area (Å²) in [6.45, 7) is 0. The molecule has 0 N–H and O–H groups in total. The molecule has 0 aliphatic heterocycles. The highest BCUT2D eigenvalue weighted by atomic mass is 19.1. The van der Waals surface area contributed by atoms with E-state index in [1.807, 2.05) is 0 Å². The van der Waals surface area contributed by atoms with Crippen LogP contribution in [0, 0.1) is 5.82 Å². The minimum Gasteiger partial charge on any atom is -0.300 e. The summed E-state index contributed by atoms with van der Waals surface area (Å²) in [6, 6.07) is 1.47. The van der Waals surface area contributed by atoms with Gasteiger partial charge >= 0.3 is 0 Å². The molecule has 0 aromatic carbocycles. The van der Waals surface area contributed by atoms with Crippen molar-refractivity contribution in [3.05, 3.63) is 29.8 Å². The monoisotopic (exact) mass is 179 g/mol. The number of pyridine rings is 1. The fraction of sp³-hybridized carbons (Fsp3) is 0.400. The van der Waals surface area contributed by atoms with Crippen molar-refractivity contribution in [3.8, 4) is 0 Å². The number of halogens is 1. The predicted octanol–water partition coefficient (Wildman–Crippen LogP) is 2.06. The second kappa shape index (κ2) is 3.24. The van der Waals surface area contributed by atoms with Crippen molar-refractivity contribution in [2.75, 3.05) is 0 Å². The van der Waals surface area contributed by atoms with Gasteiger partial charge in [0.2, 0.25) is 0 Å². The van der Waals surface area contributed by atoms with Crippen molar-refractivity contribution in [3.63, 3.8) is 0 Å². The van der Waals surface area contributed by atoms with Crippen molar-refractivity contribution >= 4 is 5.78 Å². The first-order valence-corrected chi connectivity index (χ1v) is 4.38. The van der Waals surface area contributed by atoms with Gasteiger partial charge in [-0.3, -0.25) is 9.78 Å². The molecule has 68 valence electrons. The van der Waals surface area contributed by atoms with Crippen molar-refractivity contribution in [1.29, 1.82) is 0 Å². The van der Waals surface area contributed by atoms with Crippen LogP contribution in [0.1, 0.15) is 30.7 Å². The molecule has 1 aliphatic carbocycles. The molecule has 1 aromatic rings. The van der Waals surface area contributed by atoms with Crippen LogP contribution in [0.25, 0.3) is 0 Å². The van der Waals surface area contributed by atoms with Crippen LogP contribution < -0.4 is 0 Å². The van der Waals surface area contributed by atoms with E-state index in [4.69, 9.17) is 0 Å². The van der Waals surface area contributed by atoms with Crippen LogP contribution >= 0.6 is 0 Å². The molecule has 1 saturated carbocycles. The standard InChI is InChI=1S/C10H10FNO/c11-9-3-8(5-12-6-9)7-1-2-10(13)4-7/h3,5-7H,1-2,4H2. The molecule has 3 heteroatoms. The lowest BCUT2D eigenvalue weighted by Gasteiger charge is -2.06. The molecule has 0 amide bonds. The molecule has 1 aliphatic rings. The van der Waals surface area contributed by atoms with Gasteiger partial charge in [-0.25, -0.2) is 4.39 Å². The van der Waals surface area contributed by atoms with E-state index in [9.17, 15) is 9.18 Å². The van der Waals surface area contributed by atoms with Gasteiger partial charge in [-0.1, -0.05) is 0 Å². The average molecular weight is 179 g/mol. The molecule has 1 aromatic heterocycles. The van der Waals surface area contributed by atoms with E-state index in [0.29, 0.717) is 12.8 Å². The summed E-state index contributed by atoms with van der Waals surface area (Å²) in [4.78, 5) is 14.8. The van der Waals surface area contributed by atoms with Gasteiger partial charge in [-0.15, -0.1) is 0 Å². The maximum Gasteiger partial charge on any atom is 0.141 e. The molecule has 0 saturated heterocycles. The SMILES string of the molecule is O=C1CCC(c2cncc(F)c2)C1. The zero-order valence-corrected chi connectivity index (χ0v) is 7.16. The van der Waals surface area contributed by atoms with Crippen molar-refractivity contribution in [2.45, 2.75) is 25.2 Å². The van der Waals surface area contributed by atoms with Crippen LogP contribution in [0.5, 0.6) is 0 Å². The van der Waals surface area contributed by atoms with Crippen LogP contribution in [0.3, 0.4) is 0 Å². The Balaban J connectivity index is 2.21. The Bertz CT molecular complexity index is 337. The second-order valence-corrected chi connectivity index (χ2v) is 3.41. The summed E-state index contributed by atoms with van der Waals surface area (Å²) in [5.41, 5.74) is 0.853. The smallest absolute Gasteiger partial charge is 0.141 e. The van der Waals surface area contributed by atoms with Gasteiger partial charge in [-0.2, -0.15) is 0 Å². The lowest BCUT2D eigenvalue weighted by Crippen LogP contribution is -1.95. The number of nitrogens with zero attached hydrogens (tertiary/aromatic N) is 1. The van der Waals surface area contributed by atoms with Crippen LogP contribution in [0.4, 0.5) is 4.39 Å². The first-order chi connectivity index (χ1) is 6.25. The van der Waals surface area contributed by atoms with Gasteiger partial charge in [-0.05, 0) is 24.0 Å². The highest BCUT2D eigenvalue weighted by Crippen LogP contribution is 2.31. The van der Waals surface area contributed by atoms with Gasteiger partial charge < -0.3 is 0 Å². The molecular weight excluding hydrogens is 169 g/mol.